The number of nitrogens with one attached hydrogen (secondary N) is 1. The van der Waals surface area contributed by atoms with E-state index in [0.717, 1.165) is 22.7 Å². The van der Waals surface area contributed by atoms with Crippen molar-refractivity contribution in [1.29, 1.82) is 0 Å². The van der Waals surface area contributed by atoms with Gasteiger partial charge in [-0.1, -0.05) is 13.0 Å². The Hall–Kier alpha value is -3.29. The number of aromatic nitrogens is 3. The van der Waals surface area contributed by atoms with Gasteiger partial charge in [-0.15, -0.1) is 0 Å². The number of pyridine rings is 1. The molecule has 3 aromatic rings. The van der Waals surface area contributed by atoms with Gasteiger partial charge in [0.25, 0.3) is 0 Å². The SMILES string of the molecule is CC(C)(C)OC(=O)N1CC(C)(c2ccc3ncnc(Nc4cncc(F)c4)c3c2)C1. The van der Waals surface area contributed by atoms with Gasteiger partial charge in [-0.2, -0.15) is 0 Å². The molecular weight excluding hydrogens is 385 g/mol. The number of amides is 1. The molecule has 1 amide bonds. The van der Waals surface area contributed by atoms with E-state index >= 15 is 0 Å². The number of halogens is 1. The smallest absolute Gasteiger partial charge is 0.410 e. The van der Waals surface area contributed by atoms with E-state index in [1.807, 2.05) is 39.0 Å². The molecule has 1 aliphatic rings. The van der Waals surface area contributed by atoms with Crippen molar-refractivity contribution in [2.24, 2.45) is 0 Å². The number of hydrogen-bond donors (Lipinski definition) is 1. The summed E-state index contributed by atoms with van der Waals surface area (Å²) < 4.78 is 18.9. The van der Waals surface area contributed by atoms with Crippen LogP contribution in [0, 0.1) is 5.82 Å². The molecule has 1 saturated heterocycles. The Bertz CT molecular complexity index is 1110. The number of ether oxygens (including phenoxy) is 1. The Balaban J connectivity index is 1.58. The van der Waals surface area contributed by atoms with Crippen LogP contribution in [0.2, 0.25) is 0 Å². The second-order valence-corrected chi connectivity index (χ2v) is 8.87. The van der Waals surface area contributed by atoms with E-state index in [-0.39, 0.29) is 11.5 Å². The predicted molar refractivity (Wildman–Crippen MR) is 112 cm³/mol. The maximum atomic E-state index is 13.5. The highest BCUT2D eigenvalue weighted by Crippen LogP contribution is 2.37. The topological polar surface area (TPSA) is 80.2 Å². The highest BCUT2D eigenvalue weighted by Gasteiger charge is 2.44. The van der Waals surface area contributed by atoms with Crippen LogP contribution in [-0.2, 0) is 10.2 Å². The molecular formula is C22H24FN5O2. The van der Waals surface area contributed by atoms with E-state index < -0.39 is 11.4 Å². The molecule has 2 aromatic heterocycles. The van der Waals surface area contributed by atoms with Crippen LogP contribution in [-0.4, -0.2) is 44.6 Å². The van der Waals surface area contributed by atoms with Gasteiger partial charge in [0.15, 0.2) is 0 Å². The lowest BCUT2D eigenvalue weighted by Crippen LogP contribution is -2.60. The fourth-order valence-electron chi connectivity index (χ4n) is 3.58. The van der Waals surface area contributed by atoms with Gasteiger partial charge in [-0.3, -0.25) is 4.98 Å². The third kappa shape index (κ3) is 4.03. The first-order valence-electron chi connectivity index (χ1n) is 9.74. The number of fused-ring (bicyclic) bond motifs is 1. The number of rotatable bonds is 3. The molecule has 8 heteroatoms. The van der Waals surface area contributed by atoms with E-state index in [1.54, 1.807) is 4.90 Å². The lowest BCUT2D eigenvalue weighted by atomic mass is 9.75. The molecule has 0 saturated carbocycles. The van der Waals surface area contributed by atoms with E-state index in [2.05, 4.69) is 27.2 Å². The molecule has 0 bridgehead atoms. The van der Waals surface area contributed by atoms with E-state index in [4.69, 9.17) is 4.74 Å². The van der Waals surface area contributed by atoms with Crippen molar-refractivity contribution in [2.45, 2.75) is 38.7 Å². The summed E-state index contributed by atoms with van der Waals surface area (Å²) in [4.78, 5) is 26.5. The summed E-state index contributed by atoms with van der Waals surface area (Å²) in [7, 11) is 0. The van der Waals surface area contributed by atoms with Gasteiger partial charge in [-0.25, -0.2) is 19.2 Å². The van der Waals surface area contributed by atoms with Crippen molar-refractivity contribution in [3.8, 4) is 0 Å². The number of hydrogen-bond acceptors (Lipinski definition) is 6. The maximum Gasteiger partial charge on any atom is 0.410 e. The molecule has 1 N–H and O–H groups in total. The molecule has 4 rings (SSSR count). The van der Waals surface area contributed by atoms with Gasteiger partial charge in [0.2, 0.25) is 0 Å². The minimum Gasteiger partial charge on any atom is -0.444 e. The molecule has 0 aliphatic carbocycles. The summed E-state index contributed by atoms with van der Waals surface area (Å²) in [5.74, 6) is 0.143. The minimum atomic E-state index is -0.518. The number of likely N-dealkylation sites (tertiary alicyclic amines) is 1. The molecule has 3 heterocycles. The second kappa shape index (κ2) is 7.19. The van der Waals surface area contributed by atoms with E-state index in [9.17, 15) is 9.18 Å². The molecule has 7 nitrogen and oxygen atoms in total. The van der Waals surface area contributed by atoms with Crippen LogP contribution in [0.25, 0.3) is 10.9 Å². The standard InChI is InChI=1S/C22H24FN5O2/c1-21(2,3)30-20(29)28-11-22(4,12-28)14-5-6-18-17(7-14)19(26-13-25-18)27-16-8-15(23)9-24-10-16/h5-10,13H,11-12H2,1-4H3,(H,25,26,27). The van der Waals surface area contributed by atoms with Crippen molar-refractivity contribution in [3.05, 3.63) is 54.4 Å². The summed E-state index contributed by atoms with van der Waals surface area (Å²) in [6, 6.07) is 7.34. The van der Waals surface area contributed by atoms with Crippen LogP contribution in [0.3, 0.4) is 0 Å². The molecule has 156 valence electrons. The fourth-order valence-corrected chi connectivity index (χ4v) is 3.58. The Labute approximate surface area is 174 Å². The van der Waals surface area contributed by atoms with Crippen molar-refractivity contribution in [2.75, 3.05) is 18.4 Å². The number of anilines is 2. The van der Waals surface area contributed by atoms with Gasteiger partial charge in [-0.05, 0) is 38.5 Å². The number of carbonyl (C=O) groups is 1. The first kappa shape index (κ1) is 20.0. The molecule has 0 atom stereocenters. The van der Waals surface area contributed by atoms with Gasteiger partial charge in [0.05, 0.1) is 23.6 Å². The largest absolute Gasteiger partial charge is 0.444 e. The van der Waals surface area contributed by atoms with Crippen LogP contribution in [0.15, 0.2) is 43.0 Å². The molecule has 30 heavy (non-hydrogen) atoms. The summed E-state index contributed by atoms with van der Waals surface area (Å²) in [5, 5.41) is 3.93. The van der Waals surface area contributed by atoms with Gasteiger partial charge in [0.1, 0.15) is 23.6 Å². The van der Waals surface area contributed by atoms with E-state index in [1.165, 1.54) is 18.6 Å². The normalized spacial score (nSPS) is 15.6. The third-order valence-electron chi connectivity index (χ3n) is 5.03. The van der Waals surface area contributed by atoms with Crippen molar-refractivity contribution in [3.63, 3.8) is 0 Å². The first-order valence-corrected chi connectivity index (χ1v) is 9.74. The molecule has 0 radical (unpaired) electrons. The van der Waals surface area contributed by atoms with Crippen LogP contribution in [0.4, 0.5) is 20.7 Å². The van der Waals surface area contributed by atoms with Gasteiger partial charge >= 0.3 is 6.09 Å². The zero-order chi connectivity index (χ0) is 21.5. The Kier molecular flexibility index (Phi) is 4.80. The highest BCUT2D eigenvalue weighted by molar-refractivity contribution is 5.91. The quantitative estimate of drug-likeness (QED) is 0.690. The lowest BCUT2D eigenvalue weighted by Gasteiger charge is -2.48. The third-order valence-corrected chi connectivity index (χ3v) is 5.03. The summed E-state index contributed by atoms with van der Waals surface area (Å²) in [6.07, 6.45) is 3.85. The molecule has 0 spiro atoms. The average Bonchev–Trinajstić information content (AvgIpc) is 2.64. The van der Waals surface area contributed by atoms with Gasteiger partial charge < -0.3 is 15.0 Å². The first-order chi connectivity index (χ1) is 14.1. The molecule has 1 aliphatic heterocycles. The zero-order valence-electron chi connectivity index (χ0n) is 17.4. The van der Waals surface area contributed by atoms with E-state index in [0.29, 0.717) is 24.6 Å². The average molecular weight is 409 g/mol. The molecule has 0 unspecified atom stereocenters. The Morgan fingerprint density at radius 1 is 1.20 bits per heavy atom. The summed E-state index contributed by atoms with van der Waals surface area (Å²) in [6.45, 7) is 8.82. The fraction of sp³-hybridized carbons (Fsp3) is 0.364. The lowest BCUT2D eigenvalue weighted by molar-refractivity contribution is -0.00648. The van der Waals surface area contributed by atoms with Crippen LogP contribution in [0.1, 0.15) is 33.3 Å². The summed E-state index contributed by atoms with van der Waals surface area (Å²) >= 11 is 0. The van der Waals surface area contributed by atoms with Gasteiger partial charge in [0, 0.05) is 30.0 Å². The predicted octanol–water partition coefficient (Wildman–Crippen LogP) is 4.42. The minimum absolute atomic E-state index is 0.196. The van der Waals surface area contributed by atoms with Crippen LogP contribution in [0.5, 0.6) is 0 Å². The van der Waals surface area contributed by atoms with Crippen LogP contribution >= 0.6 is 0 Å². The number of carbonyl (C=O) groups excluding carboxylic acids is 1. The zero-order valence-corrected chi connectivity index (χ0v) is 17.4. The Morgan fingerprint density at radius 2 is 1.97 bits per heavy atom. The van der Waals surface area contributed by atoms with Crippen LogP contribution < -0.4 is 5.32 Å². The Morgan fingerprint density at radius 3 is 2.67 bits per heavy atom. The number of nitrogens with zero attached hydrogens (tertiary/aromatic N) is 4. The summed E-state index contributed by atoms with van der Waals surface area (Å²) in [5.41, 5.74) is 1.64. The maximum absolute atomic E-state index is 13.5. The number of benzene rings is 1. The second-order valence-electron chi connectivity index (χ2n) is 8.87. The van der Waals surface area contributed by atoms with Crippen molar-refractivity contribution >= 4 is 28.5 Å². The molecule has 1 aromatic carbocycles. The highest BCUT2D eigenvalue weighted by atomic mass is 19.1. The van der Waals surface area contributed by atoms with Crippen molar-refractivity contribution in [1.82, 2.24) is 19.9 Å². The monoisotopic (exact) mass is 409 g/mol. The molecule has 1 fully saturated rings. The van der Waals surface area contributed by atoms with Crippen molar-refractivity contribution < 1.29 is 13.9 Å².